The van der Waals surface area contributed by atoms with Crippen LogP contribution in [0.3, 0.4) is 0 Å². The van der Waals surface area contributed by atoms with Gasteiger partial charge in [0, 0.05) is 11.3 Å². The number of imide groups is 1. The van der Waals surface area contributed by atoms with Gasteiger partial charge in [0.1, 0.15) is 18.0 Å². The van der Waals surface area contributed by atoms with Crippen LogP contribution >= 0.6 is 0 Å². The predicted octanol–water partition coefficient (Wildman–Crippen LogP) is 3.64. The highest BCUT2D eigenvalue weighted by molar-refractivity contribution is 6.22. The number of fused-ring (bicyclic) bond motifs is 2. The minimum Gasteiger partial charge on any atom is -0.340 e. The number of hydrogen-bond donors (Lipinski definition) is 2. The highest BCUT2D eigenvalue weighted by Gasteiger charge is 2.36. The van der Waals surface area contributed by atoms with E-state index in [4.69, 9.17) is 0 Å². The molecule has 3 aromatic carbocycles. The number of benzene rings is 3. The first kappa shape index (κ1) is 22.0. The number of carbonyl (C=O) groups is 3. The number of carbonyl (C=O) groups excluding carboxylic acids is 3. The summed E-state index contributed by atoms with van der Waals surface area (Å²) >= 11 is 0. The monoisotopic (exact) mass is 493 g/mol. The van der Waals surface area contributed by atoms with Crippen molar-refractivity contribution in [1.82, 2.24) is 30.2 Å². The predicted molar refractivity (Wildman–Crippen MR) is 131 cm³/mol. The zero-order chi connectivity index (χ0) is 25.5. The van der Waals surface area contributed by atoms with Crippen LogP contribution in [0.5, 0.6) is 0 Å². The smallest absolute Gasteiger partial charge is 0.280 e. The summed E-state index contributed by atoms with van der Waals surface area (Å²) in [6.45, 7) is 0. The van der Waals surface area contributed by atoms with Crippen LogP contribution in [0, 0.1) is 5.82 Å². The maximum absolute atomic E-state index is 13.7. The van der Waals surface area contributed by atoms with Crippen molar-refractivity contribution in [2.24, 2.45) is 0 Å². The van der Waals surface area contributed by atoms with E-state index in [0.29, 0.717) is 33.2 Å². The van der Waals surface area contributed by atoms with Gasteiger partial charge in [0.2, 0.25) is 0 Å². The van der Waals surface area contributed by atoms with Gasteiger partial charge in [0.05, 0.1) is 28.4 Å². The molecule has 0 atom stereocenters. The van der Waals surface area contributed by atoms with Crippen LogP contribution in [0.15, 0.2) is 85.3 Å². The summed E-state index contributed by atoms with van der Waals surface area (Å²) < 4.78 is 15.2. The first-order valence-corrected chi connectivity index (χ1v) is 11.1. The largest absolute Gasteiger partial charge is 0.340 e. The standard InChI is InChI=1S/C26H16FN7O3/c27-16-4-3-5-18(12-16)33-23-21(13-30-33)22(28-14-29-23)31-17-10-8-15(9-11-17)24(35)32-34-25(36)19-6-1-2-7-20(19)26(34)37/h1-14H,(H,32,35)(H,28,29,31). The summed E-state index contributed by atoms with van der Waals surface area (Å²) in [7, 11) is 0. The van der Waals surface area contributed by atoms with Crippen molar-refractivity contribution in [1.29, 1.82) is 0 Å². The molecule has 1 aliphatic heterocycles. The van der Waals surface area contributed by atoms with Gasteiger partial charge in [-0.3, -0.25) is 19.8 Å². The van der Waals surface area contributed by atoms with Crippen molar-refractivity contribution in [3.8, 4) is 5.69 Å². The summed E-state index contributed by atoms with van der Waals surface area (Å²) in [4.78, 5) is 46.2. The molecule has 0 spiro atoms. The Hall–Kier alpha value is -5.45. The van der Waals surface area contributed by atoms with Crippen LogP contribution in [-0.4, -0.2) is 42.5 Å². The third-order valence-electron chi connectivity index (χ3n) is 5.84. The van der Waals surface area contributed by atoms with Crippen molar-refractivity contribution in [3.05, 3.63) is 108 Å². The second-order valence-electron chi connectivity index (χ2n) is 8.13. The molecule has 6 rings (SSSR count). The Kier molecular flexibility index (Phi) is 5.15. The van der Waals surface area contributed by atoms with Crippen LogP contribution in [0.4, 0.5) is 15.9 Å². The summed E-state index contributed by atoms with van der Waals surface area (Å²) in [5, 5.41) is 8.80. The van der Waals surface area contributed by atoms with Gasteiger partial charge in [-0.25, -0.2) is 19.0 Å². The summed E-state index contributed by atoms with van der Waals surface area (Å²) in [6, 6.07) is 18.8. The fraction of sp³-hybridized carbons (Fsp3) is 0. The zero-order valence-corrected chi connectivity index (χ0v) is 18.9. The van der Waals surface area contributed by atoms with Crippen molar-refractivity contribution < 1.29 is 18.8 Å². The number of nitrogens with zero attached hydrogens (tertiary/aromatic N) is 5. The number of hydrazine groups is 1. The minimum absolute atomic E-state index is 0.240. The Morgan fingerprint density at radius 2 is 1.59 bits per heavy atom. The molecule has 0 fully saturated rings. The Bertz CT molecular complexity index is 1680. The number of anilines is 2. The first-order valence-electron chi connectivity index (χ1n) is 11.1. The number of nitrogens with one attached hydrogen (secondary N) is 2. The molecule has 5 aromatic rings. The molecule has 3 heterocycles. The molecule has 3 amide bonds. The van der Waals surface area contributed by atoms with E-state index in [-0.39, 0.29) is 22.5 Å². The third-order valence-corrected chi connectivity index (χ3v) is 5.84. The van der Waals surface area contributed by atoms with Gasteiger partial charge in [0.15, 0.2) is 5.65 Å². The maximum atomic E-state index is 13.7. The molecule has 0 saturated carbocycles. The van der Waals surface area contributed by atoms with E-state index >= 15 is 0 Å². The van der Waals surface area contributed by atoms with E-state index in [1.165, 1.54) is 35.3 Å². The Balaban J connectivity index is 1.19. The summed E-state index contributed by atoms with van der Waals surface area (Å²) in [5.74, 6) is -1.70. The number of halogens is 1. The summed E-state index contributed by atoms with van der Waals surface area (Å²) in [6.07, 6.45) is 2.94. The highest BCUT2D eigenvalue weighted by Crippen LogP contribution is 2.25. The first-order chi connectivity index (χ1) is 18.0. The van der Waals surface area contributed by atoms with Gasteiger partial charge in [0.25, 0.3) is 17.7 Å². The van der Waals surface area contributed by atoms with Gasteiger partial charge in [-0.2, -0.15) is 10.1 Å². The molecule has 1 aliphatic rings. The van der Waals surface area contributed by atoms with Crippen molar-refractivity contribution in [3.63, 3.8) is 0 Å². The molecule has 0 unspecified atom stereocenters. The van der Waals surface area contributed by atoms with Gasteiger partial charge in [-0.1, -0.05) is 18.2 Å². The van der Waals surface area contributed by atoms with Gasteiger partial charge in [-0.05, 0) is 54.6 Å². The maximum Gasteiger partial charge on any atom is 0.280 e. The van der Waals surface area contributed by atoms with Crippen molar-refractivity contribution in [2.75, 3.05) is 5.32 Å². The normalized spacial score (nSPS) is 12.6. The lowest BCUT2D eigenvalue weighted by Gasteiger charge is -2.15. The molecule has 11 heteroatoms. The van der Waals surface area contributed by atoms with Crippen molar-refractivity contribution in [2.45, 2.75) is 0 Å². The molecular weight excluding hydrogens is 477 g/mol. The van der Waals surface area contributed by atoms with E-state index < -0.39 is 17.7 Å². The molecule has 2 N–H and O–H groups in total. The lowest BCUT2D eigenvalue weighted by atomic mass is 10.1. The topological polar surface area (TPSA) is 122 Å². The fourth-order valence-electron chi connectivity index (χ4n) is 4.04. The lowest BCUT2D eigenvalue weighted by molar-refractivity contribution is 0.0518. The van der Waals surface area contributed by atoms with E-state index in [0.717, 1.165) is 0 Å². The second-order valence-corrected chi connectivity index (χ2v) is 8.13. The number of aromatic nitrogens is 4. The average Bonchev–Trinajstić information content (AvgIpc) is 3.45. The Morgan fingerprint density at radius 3 is 2.30 bits per heavy atom. The fourth-order valence-corrected chi connectivity index (χ4v) is 4.04. The average molecular weight is 493 g/mol. The second kappa shape index (κ2) is 8.64. The van der Waals surface area contributed by atoms with Gasteiger partial charge >= 0.3 is 0 Å². The van der Waals surface area contributed by atoms with Crippen LogP contribution < -0.4 is 10.7 Å². The third kappa shape index (κ3) is 3.84. The Labute approximate surface area is 208 Å². The minimum atomic E-state index is -0.609. The molecular formula is C26H16FN7O3. The van der Waals surface area contributed by atoms with Crippen LogP contribution in [-0.2, 0) is 0 Å². The molecule has 0 saturated heterocycles. The molecule has 2 aromatic heterocycles. The van der Waals surface area contributed by atoms with E-state index in [9.17, 15) is 18.8 Å². The number of amides is 3. The van der Waals surface area contributed by atoms with E-state index in [1.807, 2.05) is 0 Å². The molecule has 10 nitrogen and oxygen atoms in total. The lowest BCUT2D eigenvalue weighted by Crippen LogP contribution is -2.45. The van der Waals surface area contributed by atoms with Gasteiger partial charge in [-0.15, -0.1) is 0 Å². The molecule has 0 aliphatic carbocycles. The van der Waals surface area contributed by atoms with Crippen LogP contribution in [0.2, 0.25) is 0 Å². The SMILES string of the molecule is O=C(NN1C(=O)c2ccccc2C1=O)c1ccc(Nc2ncnc3c2cnn3-c2cccc(F)c2)cc1. The van der Waals surface area contributed by atoms with Crippen LogP contribution in [0.1, 0.15) is 31.1 Å². The molecule has 0 radical (unpaired) electrons. The van der Waals surface area contributed by atoms with E-state index in [2.05, 4.69) is 25.8 Å². The quantitative estimate of drug-likeness (QED) is 0.359. The van der Waals surface area contributed by atoms with E-state index in [1.54, 1.807) is 54.7 Å². The highest BCUT2D eigenvalue weighted by atomic mass is 19.1. The zero-order valence-electron chi connectivity index (χ0n) is 18.9. The molecule has 37 heavy (non-hydrogen) atoms. The summed E-state index contributed by atoms with van der Waals surface area (Å²) in [5.41, 5.74) is 4.73. The van der Waals surface area contributed by atoms with Crippen molar-refractivity contribution >= 4 is 40.3 Å². The number of rotatable bonds is 5. The molecule has 180 valence electrons. The number of hydrogen-bond acceptors (Lipinski definition) is 7. The van der Waals surface area contributed by atoms with Gasteiger partial charge < -0.3 is 5.32 Å². The molecule has 0 bridgehead atoms. The Morgan fingerprint density at radius 1 is 0.865 bits per heavy atom. The van der Waals surface area contributed by atoms with Crippen LogP contribution in [0.25, 0.3) is 16.7 Å².